The Balaban J connectivity index is 1.49. The summed E-state index contributed by atoms with van der Waals surface area (Å²) in [7, 11) is 0. The summed E-state index contributed by atoms with van der Waals surface area (Å²) in [6, 6.07) is 11.6. The Hall–Kier alpha value is -2.67. The first kappa shape index (κ1) is 16.2. The fourth-order valence-electron chi connectivity index (χ4n) is 2.51. The Morgan fingerprint density at radius 3 is 2.88 bits per heavy atom. The fourth-order valence-corrected chi connectivity index (χ4v) is 2.51. The Labute approximate surface area is 140 Å². The molecule has 3 N–H and O–H groups in total. The van der Waals surface area contributed by atoms with Gasteiger partial charge in [-0.15, -0.1) is 0 Å². The SMILES string of the molecule is NC(=O)[C@H]1CC[C@@H](CNc2nccc(OCc3ccccc3)n2)O1. The molecule has 0 unspecified atom stereocenters. The van der Waals surface area contributed by atoms with E-state index in [9.17, 15) is 4.79 Å². The second-order valence-corrected chi connectivity index (χ2v) is 5.60. The molecule has 126 valence electrons. The molecule has 0 bridgehead atoms. The van der Waals surface area contributed by atoms with Gasteiger partial charge in [-0.25, -0.2) is 4.98 Å². The van der Waals surface area contributed by atoms with Gasteiger partial charge in [0.05, 0.1) is 6.10 Å². The van der Waals surface area contributed by atoms with E-state index in [1.807, 2.05) is 30.3 Å². The number of nitrogens with zero attached hydrogens (tertiary/aromatic N) is 2. The molecule has 24 heavy (non-hydrogen) atoms. The van der Waals surface area contributed by atoms with Crippen molar-refractivity contribution in [2.75, 3.05) is 11.9 Å². The molecule has 0 saturated carbocycles. The van der Waals surface area contributed by atoms with Gasteiger partial charge in [-0.1, -0.05) is 30.3 Å². The Morgan fingerprint density at radius 2 is 2.12 bits per heavy atom. The minimum Gasteiger partial charge on any atom is -0.473 e. The molecule has 7 nitrogen and oxygen atoms in total. The van der Waals surface area contributed by atoms with Gasteiger partial charge in [-0.3, -0.25) is 4.79 Å². The zero-order chi connectivity index (χ0) is 16.8. The van der Waals surface area contributed by atoms with E-state index in [1.54, 1.807) is 12.3 Å². The summed E-state index contributed by atoms with van der Waals surface area (Å²) in [6.45, 7) is 0.967. The average Bonchev–Trinajstić information content (AvgIpc) is 3.09. The smallest absolute Gasteiger partial charge is 0.246 e. The van der Waals surface area contributed by atoms with Crippen LogP contribution in [0.5, 0.6) is 5.88 Å². The molecule has 3 rings (SSSR count). The minimum atomic E-state index is -0.488. The molecule has 1 saturated heterocycles. The van der Waals surface area contributed by atoms with E-state index in [4.69, 9.17) is 15.2 Å². The summed E-state index contributed by atoms with van der Waals surface area (Å²) >= 11 is 0. The Kier molecular flexibility index (Phi) is 5.22. The van der Waals surface area contributed by atoms with Gasteiger partial charge >= 0.3 is 0 Å². The quantitative estimate of drug-likeness (QED) is 0.799. The molecule has 0 radical (unpaired) electrons. The number of ether oxygens (including phenoxy) is 2. The lowest BCUT2D eigenvalue weighted by Crippen LogP contribution is -2.30. The maximum atomic E-state index is 11.1. The lowest BCUT2D eigenvalue weighted by atomic mass is 10.2. The molecule has 0 spiro atoms. The van der Waals surface area contributed by atoms with Crippen LogP contribution < -0.4 is 15.8 Å². The van der Waals surface area contributed by atoms with Gasteiger partial charge < -0.3 is 20.5 Å². The van der Waals surface area contributed by atoms with Crippen LogP contribution in [0.25, 0.3) is 0 Å². The number of hydrogen-bond donors (Lipinski definition) is 2. The number of hydrogen-bond acceptors (Lipinski definition) is 6. The predicted molar refractivity (Wildman–Crippen MR) is 88.4 cm³/mol. The summed E-state index contributed by atoms with van der Waals surface area (Å²) in [5, 5.41) is 3.11. The van der Waals surface area contributed by atoms with Gasteiger partial charge in [0, 0.05) is 18.8 Å². The normalized spacial score (nSPS) is 19.8. The van der Waals surface area contributed by atoms with Crippen molar-refractivity contribution in [3.05, 3.63) is 48.2 Å². The van der Waals surface area contributed by atoms with Gasteiger partial charge in [0.25, 0.3) is 0 Å². The van der Waals surface area contributed by atoms with Gasteiger partial charge in [-0.2, -0.15) is 4.98 Å². The molecule has 7 heteroatoms. The van der Waals surface area contributed by atoms with Gasteiger partial charge in [0.2, 0.25) is 17.7 Å². The van der Waals surface area contributed by atoms with Crippen molar-refractivity contribution in [3.63, 3.8) is 0 Å². The standard InChI is InChI=1S/C17H20N4O3/c18-16(22)14-7-6-13(24-14)10-20-17-19-9-8-15(21-17)23-11-12-4-2-1-3-5-12/h1-5,8-9,13-14H,6-7,10-11H2,(H2,18,22)(H,19,20,21)/t13-,14+/m0/s1. The highest BCUT2D eigenvalue weighted by atomic mass is 16.5. The topological polar surface area (TPSA) is 99.4 Å². The molecular weight excluding hydrogens is 308 g/mol. The van der Waals surface area contributed by atoms with E-state index in [0.29, 0.717) is 31.4 Å². The number of primary amides is 1. The lowest BCUT2D eigenvalue weighted by Gasteiger charge is -2.13. The van der Waals surface area contributed by atoms with Crippen molar-refractivity contribution in [1.82, 2.24) is 9.97 Å². The van der Waals surface area contributed by atoms with Crippen LogP contribution in [0.15, 0.2) is 42.6 Å². The number of anilines is 1. The number of rotatable bonds is 7. The Morgan fingerprint density at radius 1 is 1.29 bits per heavy atom. The molecule has 2 aromatic rings. The zero-order valence-electron chi connectivity index (χ0n) is 13.2. The maximum absolute atomic E-state index is 11.1. The molecule has 1 aromatic carbocycles. The summed E-state index contributed by atoms with van der Waals surface area (Å²) in [4.78, 5) is 19.6. The molecule has 2 atom stereocenters. The van der Waals surface area contributed by atoms with E-state index < -0.39 is 12.0 Å². The third kappa shape index (κ3) is 4.42. The Bertz CT molecular complexity index is 681. The van der Waals surface area contributed by atoms with Crippen LogP contribution in [0, 0.1) is 0 Å². The number of carbonyl (C=O) groups excluding carboxylic acids is 1. The summed E-state index contributed by atoms with van der Waals surface area (Å²) in [5.41, 5.74) is 6.31. The number of carbonyl (C=O) groups is 1. The van der Waals surface area contributed by atoms with Crippen LogP contribution in [0.3, 0.4) is 0 Å². The highest BCUT2D eigenvalue weighted by Crippen LogP contribution is 2.20. The summed E-state index contributed by atoms with van der Waals surface area (Å²) in [6.07, 6.45) is 2.52. The van der Waals surface area contributed by atoms with E-state index in [-0.39, 0.29) is 6.10 Å². The first-order valence-electron chi connectivity index (χ1n) is 7.89. The van der Waals surface area contributed by atoms with Crippen molar-refractivity contribution in [2.45, 2.75) is 31.7 Å². The van der Waals surface area contributed by atoms with Crippen molar-refractivity contribution < 1.29 is 14.3 Å². The van der Waals surface area contributed by atoms with E-state index in [1.165, 1.54) is 0 Å². The van der Waals surface area contributed by atoms with Crippen molar-refractivity contribution in [3.8, 4) is 5.88 Å². The van der Waals surface area contributed by atoms with Gasteiger partial charge in [-0.05, 0) is 18.4 Å². The van der Waals surface area contributed by atoms with Crippen LogP contribution in [-0.2, 0) is 16.1 Å². The summed E-state index contributed by atoms with van der Waals surface area (Å²) in [5.74, 6) is 0.551. The third-order valence-corrected chi connectivity index (χ3v) is 3.77. The zero-order valence-corrected chi connectivity index (χ0v) is 13.2. The van der Waals surface area contributed by atoms with Crippen LogP contribution in [-0.4, -0.2) is 34.6 Å². The maximum Gasteiger partial charge on any atom is 0.246 e. The van der Waals surface area contributed by atoms with E-state index in [0.717, 1.165) is 12.0 Å². The first-order chi connectivity index (χ1) is 11.7. The number of nitrogens with one attached hydrogen (secondary N) is 1. The average molecular weight is 328 g/mol. The van der Waals surface area contributed by atoms with Crippen molar-refractivity contribution in [1.29, 1.82) is 0 Å². The molecule has 0 aliphatic carbocycles. The van der Waals surface area contributed by atoms with E-state index >= 15 is 0 Å². The second kappa shape index (κ2) is 7.74. The van der Waals surface area contributed by atoms with Crippen LogP contribution in [0.4, 0.5) is 5.95 Å². The van der Waals surface area contributed by atoms with E-state index in [2.05, 4.69) is 15.3 Å². The predicted octanol–water partition coefficient (Wildman–Crippen LogP) is 1.50. The number of amides is 1. The van der Waals surface area contributed by atoms with Gasteiger partial charge in [0.1, 0.15) is 12.7 Å². The second-order valence-electron chi connectivity index (χ2n) is 5.60. The number of nitrogens with two attached hydrogens (primary N) is 1. The molecule has 1 aliphatic rings. The van der Waals surface area contributed by atoms with Crippen molar-refractivity contribution in [2.24, 2.45) is 5.73 Å². The highest BCUT2D eigenvalue weighted by molar-refractivity contribution is 5.79. The fraction of sp³-hybridized carbons (Fsp3) is 0.353. The number of benzene rings is 1. The van der Waals surface area contributed by atoms with Gasteiger partial charge in [0.15, 0.2) is 0 Å². The first-order valence-corrected chi connectivity index (χ1v) is 7.89. The number of aromatic nitrogens is 2. The van der Waals surface area contributed by atoms with Crippen LogP contribution in [0.2, 0.25) is 0 Å². The van der Waals surface area contributed by atoms with Crippen molar-refractivity contribution >= 4 is 11.9 Å². The molecule has 1 amide bonds. The molecule has 1 aromatic heterocycles. The molecular formula is C17H20N4O3. The minimum absolute atomic E-state index is 0.0695. The molecule has 1 aliphatic heterocycles. The van der Waals surface area contributed by atoms with Crippen LogP contribution >= 0.6 is 0 Å². The summed E-state index contributed by atoms with van der Waals surface area (Å²) < 4.78 is 11.2. The molecule has 2 heterocycles. The highest BCUT2D eigenvalue weighted by Gasteiger charge is 2.28. The largest absolute Gasteiger partial charge is 0.473 e. The third-order valence-electron chi connectivity index (χ3n) is 3.77. The monoisotopic (exact) mass is 328 g/mol. The molecule has 1 fully saturated rings. The van der Waals surface area contributed by atoms with Crippen LogP contribution in [0.1, 0.15) is 18.4 Å². The lowest BCUT2D eigenvalue weighted by molar-refractivity contribution is -0.128.